The van der Waals surface area contributed by atoms with Crippen molar-refractivity contribution in [1.82, 2.24) is 19.6 Å². The zero-order valence-electron chi connectivity index (χ0n) is 12.1. The summed E-state index contributed by atoms with van der Waals surface area (Å²) in [5.41, 5.74) is 2.82. The van der Waals surface area contributed by atoms with Crippen molar-refractivity contribution in [3.8, 4) is 0 Å². The Bertz CT molecular complexity index is 648. The molecule has 0 aliphatic heterocycles. The summed E-state index contributed by atoms with van der Waals surface area (Å²) in [4.78, 5) is 18.3. The highest BCUT2D eigenvalue weighted by molar-refractivity contribution is 5.74. The van der Waals surface area contributed by atoms with Crippen LogP contribution in [0.2, 0.25) is 0 Å². The third-order valence-electron chi connectivity index (χ3n) is 3.76. The predicted molar refractivity (Wildman–Crippen MR) is 79.0 cm³/mol. The van der Waals surface area contributed by atoms with Crippen LogP contribution in [0.1, 0.15) is 24.2 Å². The first-order valence-electron chi connectivity index (χ1n) is 7.28. The number of amides is 2. The average Bonchev–Trinajstić information content (AvgIpc) is 3.22. The highest BCUT2D eigenvalue weighted by Gasteiger charge is 2.31. The third-order valence-corrected chi connectivity index (χ3v) is 3.76. The van der Waals surface area contributed by atoms with Gasteiger partial charge in [0.2, 0.25) is 0 Å². The molecule has 6 heteroatoms. The fourth-order valence-electron chi connectivity index (χ4n) is 2.50. The first kappa shape index (κ1) is 13.9. The summed E-state index contributed by atoms with van der Waals surface area (Å²) in [6.07, 6.45) is 4.00. The molecule has 6 nitrogen and oxygen atoms in total. The molecule has 1 aliphatic rings. The van der Waals surface area contributed by atoms with E-state index in [0.717, 1.165) is 29.9 Å². The Morgan fingerprint density at radius 3 is 3.00 bits per heavy atom. The monoisotopic (exact) mass is 288 g/mol. The number of pyridine rings is 1. The number of fused-ring (bicyclic) bond motifs is 1. The molecular weight excluding hydrogens is 268 g/mol. The lowest BCUT2D eigenvalue weighted by Gasteiger charge is -2.21. The highest BCUT2D eigenvalue weighted by Crippen LogP contribution is 2.26. The van der Waals surface area contributed by atoms with E-state index in [1.807, 2.05) is 35.7 Å². The summed E-state index contributed by atoms with van der Waals surface area (Å²) >= 11 is 0. The third kappa shape index (κ3) is 3.00. The van der Waals surface area contributed by atoms with E-state index in [1.54, 1.807) is 4.90 Å². The van der Waals surface area contributed by atoms with Gasteiger partial charge in [0.25, 0.3) is 0 Å². The average molecular weight is 288 g/mol. The quantitative estimate of drug-likeness (QED) is 0.871. The lowest BCUT2D eigenvalue weighted by molar-refractivity contribution is 0.173. The Morgan fingerprint density at radius 2 is 2.33 bits per heavy atom. The van der Waals surface area contributed by atoms with Gasteiger partial charge in [-0.2, -0.15) is 0 Å². The molecule has 0 aromatic carbocycles. The predicted octanol–water partition coefficient (Wildman–Crippen LogP) is 1.31. The lowest BCUT2D eigenvalue weighted by Crippen LogP contribution is -2.42. The molecule has 3 rings (SSSR count). The molecule has 0 radical (unpaired) electrons. The Hall–Kier alpha value is -2.08. The minimum absolute atomic E-state index is 0.00250. The van der Waals surface area contributed by atoms with Gasteiger partial charge in [-0.15, -0.1) is 0 Å². The SMILES string of the molecule is Cc1cccc2nc(CNC(=O)N(CCO)C3CC3)cn12. The van der Waals surface area contributed by atoms with Crippen molar-refractivity contribution < 1.29 is 9.90 Å². The molecule has 21 heavy (non-hydrogen) atoms. The van der Waals surface area contributed by atoms with E-state index in [-0.39, 0.29) is 12.6 Å². The molecule has 0 bridgehead atoms. The standard InChI is InChI=1S/C15H20N4O2/c1-11-3-2-4-14-17-12(10-19(11)14)9-16-15(21)18(7-8-20)13-5-6-13/h2-4,10,13,20H,5-9H2,1H3,(H,16,21). The van der Waals surface area contributed by atoms with E-state index >= 15 is 0 Å². The van der Waals surface area contributed by atoms with Gasteiger partial charge in [-0.05, 0) is 31.9 Å². The first-order valence-corrected chi connectivity index (χ1v) is 7.28. The number of hydrogen-bond donors (Lipinski definition) is 2. The molecule has 1 fully saturated rings. The van der Waals surface area contributed by atoms with E-state index in [1.165, 1.54) is 0 Å². The van der Waals surface area contributed by atoms with Crippen molar-refractivity contribution in [3.05, 3.63) is 35.8 Å². The number of aromatic nitrogens is 2. The maximum absolute atomic E-state index is 12.1. The molecule has 1 aliphatic carbocycles. The Balaban J connectivity index is 1.65. The number of imidazole rings is 1. The molecule has 0 unspecified atom stereocenters. The largest absolute Gasteiger partial charge is 0.395 e. The van der Waals surface area contributed by atoms with Gasteiger partial charge < -0.3 is 19.7 Å². The lowest BCUT2D eigenvalue weighted by atomic mass is 10.4. The van der Waals surface area contributed by atoms with E-state index < -0.39 is 0 Å². The smallest absolute Gasteiger partial charge is 0.318 e. The van der Waals surface area contributed by atoms with Gasteiger partial charge in [0.05, 0.1) is 18.8 Å². The molecule has 112 valence electrons. The molecule has 1 saturated carbocycles. The molecular formula is C15H20N4O2. The molecule has 2 heterocycles. The van der Waals surface area contributed by atoms with E-state index in [4.69, 9.17) is 5.11 Å². The van der Waals surface area contributed by atoms with E-state index in [2.05, 4.69) is 10.3 Å². The van der Waals surface area contributed by atoms with Crippen LogP contribution < -0.4 is 5.32 Å². The Labute approximate surface area is 123 Å². The number of nitrogens with one attached hydrogen (secondary N) is 1. The van der Waals surface area contributed by atoms with Crippen molar-refractivity contribution in [2.45, 2.75) is 32.4 Å². The Morgan fingerprint density at radius 1 is 1.52 bits per heavy atom. The number of rotatable bonds is 5. The van der Waals surface area contributed by atoms with E-state index in [0.29, 0.717) is 19.1 Å². The van der Waals surface area contributed by atoms with Crippen LogP contribution in [0.4, 0.5) is 4.79 Å². The van der Waals surface area contributed by atoms with Crippen LogP contribution in [0.5, 0.6) is 0 Å². The van der Waals surface area contributed by atoms with Crippen LogP contribution in [0.3, 0.4) is 0 Å². The zero-order chi connectivity index (χ0) is 14.8. The van der Waals surface area contributed by atoms with Crippen LogP contribution in [0.15, 0.2) is 24.4 Å². The van der Waals surface area contributed by atoms with Gasteiger partial charge in [0.15, 0.2) is 0 Å². The van der Waals surface area contributed by atoms with Gasteiger partial charge >= 0.3 is 6.03 Å². The van der Waals surface area contributed by atoms with Crippen molar-refractivity contribution >= 4 is 11.7 Å². The maximum atomic E-state index is 12.1. The summed E-state index contributed by atoms with van der Waals surface area (Å²) in [5.74, 6) is 0. The van der Waals surface area contributed by atoms with Gasteiger partial charge in [-0.1, -0.05) is 6.07 Å². The van der Waals surface area contributed by atoms with Gasteiger partial charge in [0.1, 0.15) is 5.65 Å². The maximum Gasteiger partial charge on any atom is 0.318 e. The number of carbonyl (C=O) groups excluding carboxylic acids is 1. The second-order valence-electron chi connectivity index (χ2n) is 5.43. The fourth-order valence-corrected chi connectivity index (χ4v) is 2.50. The summed E-state index contributed by atoms with van der Waals surface area (Å²) in [6.45, 7) is 2.81. The van der Waals surface area contributed by atoms with Gasteiger partial charge in [0, 0.05) is 24.5 Å². The summed E-state index contributed by atoms with van der Waals surface area (Å²) < 4.78 is 2.01. The normalized spacial score (nSPS) is 14.4. The van der Waals surface area contributed by atoms with Crippen molar-refractivity contribution in [3.63, 3.8) is 0 Å². The van der Waals surface area contributed by atoms with Crippen LogP contribution in [0, 0.1) is 6.92 Å². The van der Waals surface area contributed by atoms with Gasteiger partial charge in [-0.25, -0.2) is 9.78 Å². The number of nitrogens with zero attached hydrogens (tertiary/aromatic N) is 3. The second-order valence-corrected chi connectivity index (χ2v) is 5.43. The number of carbonyl (C=O) groups is 1. The topological polar surface area (TPSA) is 69.9 Å². The molecule has 0 saturated heterocycles. The van der Waals surface area contributed by atoms with Crippen molar-refractivity contribution in [1.29, 1.82) is 0 Å². The zero-order valence-corrected chi connectivity index (χ0v) is 12.1. The molecule has 0 atom stereocenters. The van der Waals surface area contributed by atoms with Crippen LogP contribution in [-0.2, 0) is 6.54 Å². The number of aliphatic hydroxyl groups is 1. The molecule has 0 spiro atoms. The van der Waals surface area contributed by atoms with E-state index in [9.17, 15) is 4.79 Å². The molecule has 2 aromatic rings. The van der Waals surface area contributed by atoms with Crippen molar-refractivity contribution in [2.24, 2.45) is 0 Å². The first-order chi connectivity index (χ1) is 10.2. The number of aryl methyl sites for hydroxylation is 1. The highest BCUT2D eigenvalue weighted by atomic mass is 16.3. The Kier molecular flexibility index (Phi) is 3.79. The fraction of sp³-hybridized carbons (Fsp3) is 0.467. The summed E-state index contributed by atoms with van der Waals surface area (Å²) in [7, 11) is 0. The van der Waals surface area contributed by atoms with Crippen LogP contribution in [0.25, 0.3) is 5.65 Å². The molecule has 2 amide bonds. The van der Waals surface area contributed by atoms with Crippen molar-refractivity contribution in [2.75, 3.05) is 13.2 Å². The molecule has 2 aromatic heterocycles. The minimum Gasteiger partial charge on any atom is -0.395 e. The molecule has 2 N–H and O–H groups in total. The van der Waals surface area contributed by atoms with Crippen LogP contribution in [-0.4, -0.2) is 44.6 Å². The summed E-state index contributed by atoms with van der Waals surface area (Å²) in [5, 5.41) is 11.9. The number of urea groups is 1. The van der Waals surface area contributed by atoms with Crippen LogP contribution >= 0.6 is 0 Å². The number of hydrogen-bond acceptors (Lipinski definition) is 3. The second kappa shape index (κ2) is 5.73. The number of aliphatic hydroxyl groups excluding tert-OH is 1. The minimum atomic E-state index is -0.125. The van der Waals surface area contributed by atoms with Gasteiger partial charge in [-0.3, -0.25) is 0 Å². The summed E-state index contributed by atoms with van der Waals surface area (Å²) in [6, 6.07) is 6.10.